The monoisotopic (exact) mass is 411 g/mol. The van der Waals surface area contributed by atoms with Crippen molar-refractivity contribution in [2.75, 3.05) is 11.9 Å². The van der Waals surface area contributed by atoms with Gasteiger partial charge in [0.05, 0.1) is 10.5 Å². The number of benzene rings is 2. The molecular formula is C21H21N3O6. The van der Waals surface area contributed by atoms with Crippen LogP contribution in [0.5, 0.6) is 0 Å². The number of likely N-dealkylation sites (N-methyl/N-ethyl adjacent to an activating group) is 1. The molecule has 1 aliphatic heterocycles. The second kappa shape index (κ2) is 6.94. The molecule has 1 heterocycles. The molecule has 0 bridgehead atoms. The Kier molecular flexibility index (Phi) is 4.85. The number of fused-ring (bicyclic) bond motifs is 1. The van der Waals surface area contributed by atoms with E-state index in [1.807, 2.05) is 0 Å². The number of para-hydroxylation sites is 1. The number of nitro benzene ring substituents is 1. The number of nitrogens with zero attached hydrogens (tertiary/aromatic N) is 2. The molecule has 2 N–H and O–H groups in total. The van der Waals surface area contributed by atoms with Gasteiger partial charge in [-0.3, -0.25) is 19.7 Å². The summed E-state index contributed by atoms with van der Waals surface area (Å²) in [7, 11) is 1.48. The highest BCUT2D eigenvalue weighted by molar-refractivity contribution is 6.25. The molecule has 9 heteroatoms. The molecule has 2 aromatic carbocycles. The average Bonchev–Trinajstić information content (AvgIpc) is 2.88. The zero-order chi connectivity index (χ0) is 22.4. The lowest BCUT2D eigenvalue weighted by atomic mass is 9.72. The molecule has 2 aromatic rings. The molecule has 1 unspecified atom stereocenters. The second-order valence-electron chi connectivity index (χ2n) is 8.13. The minimum absolute atomic E-state index is 0.243. The van der Waals surface area contributed by atoms with Crippen LogP contribution in [0.1, 0.15) is 42.3 Å². The number of nitro groups is 1. The number of hydrogen-bond acceptors (Lipinski definition) is 5. The van der Waals surface area contributed by atoms with Crippen LogP contribution in [0.4, 0.5) is 11.4 Å². The molecule has 0 fully saturated rings. The van der Waals surface area contributed by atoms with Gasteiger partial charge in [-0.1, -0.05) is 18.2 Å². The van der Waals surface area contributed by atoms with E-state index in [-0.39, 0.29) is 16.7 Å². The van der Waals surface area contributed by atoms with Gasteiger partial charge in [-0.15, -0.1) is 0 Å². The van der Waals surface area contributed by atoms with Crippen LogP contribution >= 0.6 is 0 Å². The number of carboxylic acid groups (broad SMARTS) is 1. The van der Waals surface area contributed by atoms with Crippen molar-refractivity contribution in [3.05, 3.63) is 69.3 Å². The summed E-state index contributed by atoms with van der Waals surface area (Å²) in [5.41, 5.74) is -3.16. The maximum atomic E-state index is 13.6. The standard InChI is InChI=1S/C21H21N3O6/c1-20(2,3)22-18(27)21(14-7-5-6-8-16(14)23(4)19(21)28)15-11-12(24(29)30)9-10-13(15)17(25)26/h5-11H,1-4H3,(H,22,27)(H,25,26). The maximum absolute atomic E-state index is 13.6. The van der Waals surface area contributed by atoms with E-state index in [0.717, 1.165) is 18.2 Å². The van der Waals surface area contributed by atoms with Gasteiger partial charge < -0.3 is 15.3 Å². The van der Waals surface area contributed by atoms with Crippen molar-refractivity contribution in [3.63, 3.8) is 0 Å². The van der Waals surface area contributed by atoms with E-state index in [2.05, 4.69) is 5.32 Å². The molecule has 1 aliphatic rings. The Morgan fingerprint density at radius 1 is 1.13 bits per heavy atom. The molecule has 0 saturated heterocycles. The summed E-state index contributed by atoms with van der Waals surface area (Å²) in [6.45, 7) is 5.16. The van der Waals surface area contributed by atoms with E-state index in [1.165, 1.54) is 11.9 Å². The van der Waals surface area contributed by atoms with E-state index in [4.69, 9.17) is 0 Å². The molecule has 0 aliphatic carbocycles. The first-order valence-corrected chi connectivity index (χ1v) is 9.13. The number of nitrogens with one attached hydrogen (secondary N) is 1. The zero-order valence-electron chi connectivity index (χ0n) is 16.9. The van der Waals surface area contributed by atoms with Crippen LogP contribution in [0.25, 0.3) is 0 Å². The highest BCUT2D eigenvalue weighted by atomic mass is 16.6. The first kappa shape index (κ1) is 21.0. The SMILES string of the molecule is CN1C(=O)C(C(=O)NC(C)(C)C)(c2cc([N+](=O)[O-])ccc2C(=O)O)c2ccccc21. The van der Waals surface area contributed by atoms with E-state index in [9.17, 15) is 29.6 Å². The fourth-order valence-electron chi connectivity index (χ4n) is 3.74. The topological polar surface area (TPSA) is 130 Å². The summed E-state index contributed by atoms with van der Waals surface area (Å²) < 4.78 is 0. The summed E-state index contributed by atoms with van der Waals surface area (Å²) >= 11 is 0. The van der Waals surface area contributed by atoms with Crippen molar-refractivity contribution >= 4 is 29.2 Å². The van der Waals surface area contributed by atoms with Crippen LogP contribution in [0.15, 0.2) is 42.5 Å². The number of amides is 2. The normalized spacial score (nSPS) is 18.1. The van der Waals surface area contributed by atoms with E-state index >= 15 is 0 Å². The number of anilines is 1. The van der Waals surface area contributed by atoms with Crippen LogP contribution in [0.3, 0.4) is 0 Å². The lowest BCUT2D eigenvalue weighted by Gasteiger charge is -2.32. The number of carboxylic acids is 1. The number of carbonyl (C=O) groups is 3. The predicted octanol–water partition coefficient (Wildman–Crippen LogP) is 2.47. The number of rotatable bonds is 4. The molecular weight excluding hydrogens is 390 g/mol. The van der Waals surface area contributed by atoms with Crippen LogP contribution in [0.2, 0.25) is 0 Å². The first-order valence-electron chi connectivity index (χ1n) is 9.13. The molecule has 0 saturated carbocycles. The highest BCUT2D eigenvalue weighted by Crippen LogP contribution is 2.47. The van der Waals surface area contributed by atoms with E-state index < -0.39 is 39.3 Å². The van der Waals surface area contributed by atoms with Crippen LogP contribution in [-0.2, 0) is 15.0 Å². The first-order chi connectivity index (χ1) is 13.9. The summed E-state index contributed by atoms with van der Waals surface area (Å²) in [5, 5.41) is 23.9. The van der Waals surface area contributed by atoms with Crippen LogP contribution in [0, 0.1) is 10.1 Å². The fraction of sp³-hybridized carbons (Fsp3) is 0.286. The number of carbonyl (C=O) groups excluding carboxylic acids is 2. The quantitative estimate of drug-likeness (QED) is 0.452. The molecule has 156 valence electrons. The summed E-state index contributed by atoms with van der Waals surface area (Å²) in [6, 6.07) is 9.60. The van der Waals surface area contributed by atoms with Gasteiger partial charge >= 0.3 is 5.97 Å². The largest absolute Gasteiger partial charge is 0.478 e. The Morgan fingerprint density at radius 2 is 1.77 bits per heavy atom. The lowest BCUT2D eigenvalue weighted by Crippen LogP contribution is -2.56. The van der Waals surface area contributed by atoms with Crippen molar-refractivity contribution in [1.82, 2.24) is 5.32 Å². The molecule has 2 amide bonds. The van der Waals surface area contributed by atoms with Gasteiger partial charge in [0.2, 0.25) is 5.91 Å². The Hall–Kier alpha value is -3.75. The Morgan fingerprint density at radius 3 is 2.33 bits per heavy atom. The highest BCUT2D eigenvalue weighted by Gasteiger charge is 2.58. The van der Waals surface area contributed by atoms with Gasteiger partial charge in [0.1, 0.15) is 0 Å². The van der Waals surface area contributed by atoms with Crippen molar-refractivity contribution in [2.45, 2.75) is 31.7 Å². The van der Waals surface area contributed by atoms with Crippen LogP contribution < -0.4 is 10.2 Å². The molecule has 0 aromatic heterocycles. The molecule has 9 nitrogen and oxygen atoms in total. The summed E-state index contributed by atoms with van der Waals surface area (Å²) in [5.74, 6) is -2.84. The molecule has 30 heavy (non-hydrogen) atoms. The Bertz CT molecular complexity index is 1090. The van der Waals surface area contributed by atoms with Gasteiger partial charge in [0.15, 0.2) is 5.41 Å². The maximum Gasteiger partial charge on any atom is 0.336 e. The van der Waals surface area contributed by atoms with E-state index in [1.54, 1.807) is 45.0 Å². The second-order valence-corrected chi connectivity index (χ2v) is 8.13. The molecule has 0 radical (unpaired) electrons. The van der Waals surface area contributed by atoms with Crippen LogP contribution in [-0.4, -0.2) is 40.4 Å². The zero-order valence-corrected chi connectivity index (χ0v) is 16.9. The minimum atomic E-state index is -2.08. The van der Waals surface area contributed by atoms with Gasteiger partial charge in [-0.05, 0) is 32.9 Å². The van der Waals surface area contributed by atoms with Crippen molar-refractivity contribution in [2.24, 2.45) is 0 Å². The third-order valence-corrected chi connectivity index (χ3v) is 4.97. The summed E-state index contributed by atoms with van der Waals surface area (Å²) in [6.07, 6.45) is 0. The lowest BCUT2D eigenvalue weighted by molar-refractivity contribution is -0.384. The predicted molar refractivity (Wildman–Crippen MR) is 109 cm³/mol. The molecule has 0 spiro atoms. The third kappa shape index (κ3) is 3.08. The van der Waals surface area contributed by atoms with Crippen molar-refractivity contribution in [3.8, 4) is 0 Å². The number of aromatic carboxylic acids is 1. The number of hydrogen-bond donors (Lipinski definition) is 2. The van der Waals surface area contributed by atoms with Gasteiger partial charge in [0, 0.05) is 41.5 Å². The molecule has 1 atom stereocenters. The third-order valence-electron chi connectivity index (χ3n) is 4.97. The molecule has 3 rings (SSSR count). The van der Waals surface area contributed by atoms with Crippen molar-refractivity contribution < 1.29 is 24.4 Å². The van der Waals surface area contributed by atoms with Gasteiger partial charge in [-0.2, -0.15) is 0 Å². The van der Waals surface area contributed by atoms with Gasteiger partial charge in [-0.25, -0.2) is 4.79 Å². The minimum Gasteiger partial charge on any atom is -0.478 e. The Balaban J connectivity index is 2.46. The summed E-state index contributed by atoms with van der Waals surface area (Å²) in [4.78, 5) is 51.2. The van der Waals surface area contributed by atoms with E-state index in [0.29, 0.717) is 5.69 Å². The van der Waals surface area contributed by atoms with Gasteiger partial charge in [0.25, 0.3) is 11.6 Å². The smallest absolute Gasteiger partial charge is 0.336 e. The fourth-order valence-corrected chi connectivity index (χ4v) is 3.74. The average molecular weight is 411 g/mol. The van der Waals surface area contributed by atoms with Crippen molar-refractivity contribution in [1.29, 1.82) is 0 Å². The number of non-ortho nitro benzene ring substituents is 1. The Labute approximate surface area is 172 Å².